The third-order valence-electron chi connectivity index (χ3n) is 5.05. The van der Waals surface area contributed by atoms with Crippen LogP contribution in [0.2, 0.25) is 15.8 Å². The van der Waals surface area contributed by atoms with Crippen LogP contribution < -0.4 is 0 Å². The molecule has 0 aliphatic rings. The van der Waals surface area contributed by atoms with Gasteiger partial charge in [-0.1, -0.05) is 0 Å². The van der Waals surface area contributed by atoms with E-state index in [2.05, 4.69) is 32.6 Å². The zero-order chi connectivity index (χ0) is 17.4. The first kappa shape index (κ1) is 23.0. The summed E-state index contributed by atoms with van der Waals surface area (Å²) in [6.07, 6.45) is 15.3. The van der Waals surface area contributed by atoms with Gasteiger partial charge in [0.15, 0.2) is 0 Å². The van der Waals surface area contributed by atoms with E-state index in [9.17, 15) is 4.79 Å². The van der Waals surface area contributed by atoms with Gasteiger partial charge in [-0.05, 0) is 0 Å². The summed E-state index contributed by atoms with van der Waals surface area (Å²) in [6.45, 7) is 9.17. The average Bonchev–Trinajstić information content (AvgIpc) is 2.58. The Bertz CT molecular complexity index is 287. The zero-order valence-electron chi connectivity index (χ0n) is 16.5. The Morgan fingerprint density at radius 1 is 0.696 bits per heavy atom. The van der Waals surface area contributed by atoms with E-state index in [4.69, 9.17) is 0 Å². The molecule has 0 saturated carbocycles. The van der Waals surface area contributed by atoms with Crippen LogP contribution in [-0.2, 0) is 4.79 Å². The van der Waals surface area contributed by atoms with Crippen molar-refractivity contribution in [2.45, 2.75) is 114 Å². The number of unbranched alkanes of at least 4 members (excludes halogenated alkanes) is 6. The van der Waals surface area contributed by atoms with Crippen LogP contribution in [0.3, 0.4) is 0 Å². The predicted octanol–water partition coefficient (Wildman–Crippen LogP) is 7.47. The van der Waals surface area contributed by atoms with Gasteiger partial charge < -0.3 is 0 Å². The van der Waals surface area contributed by atoms with Crippen LogP contribution in [0.1, 0.15) is 98.3 Å². The summed E-state index contributed by atoms with van der Waals surface area (Å²) in [6, 6.07) is 0. The van der Waals surface area contributed by atoms with E-state index in [0.717, 1.165) is 12.0 Å². The summed E-state index contributed by atoms with van der Waals surface area (Å²) >= 11 is -1.99. The summed E-state index contributed by atoms with van der Waals surface area (Å²) in [5.74, 6) is 0. The van der Waals surface area contributed by atoms with Crippen LogP contribution in [0.4, 0.5) is 0 Å². The molecule has 23 heavy (non-hydrogen) atoms. The molecule has 0 radical (unpaired) electrons. The summed E-state index contributed by atoms with van der Waals surface area (Å²) in [5, 5.41) is 4.34. The first-order valence-corrected chi connectivity index (χ1v) is 16.0. The normalized spacial score (nSPS) is 12.6. The van der Waals surface area contributed by atoms with E-state index in [1.54, 1.807) is 0 Å². The molecule has 0 unspecified atom stereocenters. The van der Waals surface area contributed by atoms with Crippen LogP contribution >= 0.6 is 0 Å². The Morgan fingerprint density at radius 3 is 1.57 bits per heavy atom. The van der Waals surface area contributed by atoms with Crippen LogP contribution in [0, 0.1) is 0 Å². The number of aldehydes is 1. The number of carbonyl (C=O) groups is 1. The number of hydrogen-bond donors (Lipinski definition) is 0. The number of allylic oxidation sites excluding steroid dienone is 1. The van der Waals surface area contributed by atoms with Crippen LogP contribution in [0.25, 0.3) is 0 Å². The second kappa shape index (κ2) is 15.5. The molecular formula is C21H42GeO. The van der Waals surface area contributed by atoms with Crippen molar-refractivity contribution in [3.63, 3.8) is 0 Å². The molecule has 0 bridgehead atoms. The van der Waals surface area contributed by atoms with Gasteiger partial charge in [-0.25, -0.2) is 0 Å². The second-order valence-corrected chi connectivity index (χ2v) is 16.8. The molecule has 2 heteroatoms. The summed E-state index contributed by atoms with van der Waals surface area (Å²) in [4.78, 5) is 14.2. The standard InChI is InChI=1S/C21H42GeO/c1-5-9-13-14-15-21(20-23)19-22(16-10-6-2,17-11-7-3)18-12-8-4/h19-20H,5-18H2,1-4H3/b21-19-. The molecule has 0 aromatic carbocycles. The van der Waals surface area contributed by atoms with E-state index in [0.29, 0.717) is 0 Å². The van der Waals surface area contributed by atoms with E-state index < -0.39 is 13.3 Å². The molecule has 136 valence electrons. The van der Waals surface area contributed by atoms with Crippen molar-refractivity contribution in [3.8, 4) is 0 Å². The van der Waals surface area contributed by atoms with E-state index in [1.807, 2.05) is 0 Å². The molecule has 0 aromatic heterocycles. The Balaban J connectivity index is 5.04. The van der Waals surface area contributed by atoms with Gasteiger partial charge in [0.05, 0.1) is 0 Å². The SMILES string of the molecule is CCCCCC/C(C=O)=[CH]/[Ge]([CH2]CCC)([CH2]CCC)[CH2]CCC. The third-order valence-corrected chi connectivity index (χ3v) is 15.6. The van der Waals surface area contributed by atoms with Crippen LogP contribution in [-0.4, -0.2) is 19.6 Å². The molecule has 0 aromatic rings. The molecule has 0 aliphatic carbocycles. The maximum absolute atomic E-state index is 11.6. The molecule has 0 spiro atoms. The van der Waals surface area contributed by atoms with Gasteiger partial charge >= 0.3 is 149 Å². The quantitative estimate of drug-likeness (QED) is 0.117. The van der Waals surface area contributed by atoms with Gasteiger partial charge in [-0.2, -0.15) is 0 Å². The second-order valence-electron chi connectivity index (χ2n) is 7.32. The van der Waals surface area contributed by atoms with Crippen molar-refractivity contribution in [1.82, 2.24) is 0 Å². The molecule has 0 N–H and O–H groups in total. The van der Waals surface area contributed by atoms with Gasteiger partial charge in [0.2, 0.25) is 0 Å². The molecular weight excluding hydrogens is 341 g/mol. The number of rotatable bonds is 16. The molecule has 0 amide bonds. The Kier molecular flexibility index (Phi) is 15.4. The van der Waals surface area contributed by atoms with Crippen molar-refractivity contribution in [2.24, 2.45) is 0 Å². The molecule has 0 fully saturated rings. The van der Waals surface area contributed by atoms with E-state index in [-0.39, 0.29) is 0 Å². The van der Waals surface area contributed by atoms with Gasteiger partial charge in [0, 0.05) is 0 Å². The van der Waals surface area contributed by atoms with Crippen molar-refractivity contribution >= 4 is 19.6 Å². The molecule has 1 nitrogen and oxygen atoms in total. The van der Waals surface area contributed by atoms with Crippen LogP contribution in [0.15, 0.2) is 10.5 Å². The fourth-order valence-corrected chi connectivity index (χ4v) is 14.7. The zero-order valence-corrected chi connectivity index (χ0v) is 18.6. The molecule has 0 aliphatic heterocycles. The van der Waals surface area contributed by atoms with Crippen molar-refractivity contribution in [3.05, 3.63) is 10.5 Å². The fourth-order valence-electron chi connectivity index (χ4n) is 3.49. The Hall–Kier alpha value is -0.0471. The average molecular weight is 383 g/mol. The monoisotopic (exact) mass is 384 g/mol. The number of carbonyl (C=O) groups excluding carboxylic acids is 1. The molecule has 0 rings (SSSR count). The van der Waals surface area contributed by atoms with Gasteiger partial charge in [0.1, 0.15) is 0 Å². The summed E-state index contributed by atoms with van der Waals surface area (Å²) in [5.41, 5.74) is 1.16. The summed E-state index contributed by atoms with van der Waals surface area (Å²) in [7, 11) is 0. The van der Waals surface area contributed by atoms with Crippen molar-refractivity contribution < 1.29 is 4.79 Å². The maximum atomic E-state index is 11.6. The third kappa shape index (κ3) is 11.2. The van der Waals surface area contributed by atoms with Gasteiger partial charge in [0.25, 0.3) is 0 Å². The molecule has 0 atom stereocenters. The Labute approximate surface area is 149 Å². The molecule has 0 saturated heterocycles. The van der Waals surface area contributed by atoms with Gasteiger partial charge in [-0.3, -0.25) is 0 Å². The first-order valence-electron chi connectivity index (χ1n) is 10.3. The Morgan fingerprint density at radius 2 is 1.17 bits per heavy atom. The van der Waals surface area contributed by atoms with Crippen molar-refractivity contribution in [1.29, 1.82) is 0 Å². The molecule has 0 heterocycles. The predicted molar refractivity (Wildman–Crippen MR) is 108 cm³/mol. The van der Waals surface area contributed by atoms with E-state index in [1.165, 1.54) is 86.3 Å². The fraction of sp³-hybridized carbons (Fsp3) is 0.857. The topological polar surface area (TPSA) is 17.1 Å². The first-order chi connectivity index (χ1) is 11.2. The number of hydrogen-bond acceptors (Lipinski definition) is 1. The van der Waals surface area contributed by atoms with Crippen LogP contribution in [0.5, 0.6) is 0 Å². The van der Waals surface area contributed by atoms with E-state index >= 15 is 0 Å². The minimum absolute atomic E-state index is 1.03. The van der Waals surface area contributed by atoms with Gasteiger partial charge in [-0.15, -0.1) is 0 Å². The minimum atomic E-state index is -1.99. The summed E-state index contributed by atoms with van der Waals surface area (Å²) < 4.78 is 0. The van der Waals surface area contributed by atoms with Crippen molar-refractivity contribution in [2.75, 3.05) is 0 Å².